The molecule has 49 valence electrons. The van der Waals surface area contributed by atoms with E-state index in [4.69, 9.17) is 0 Å². The minimum atomic E-state index is 0. The zero-order valence-corrected chi connectivity index (χ0v) is 9.61. The quantitative estimate of drug-likeness (QED) is 0.547. The second-order valence-corrected chi connectivity index (χ2v) is 2.22. The predicted octanol–water partition coefficient (Wildman–Crippen LogP) is 1.85. The molecule has 1 aromatic carbocycles. The molecule has 0 aliphatic carbocycles. The van der Waals surface area contributed by atoms with Crippen molar-refractivity contribution < 1.29 is 0 Å². The average Bonchev–Trinajstić information content (AvgIpc) is 2.05. The predicted molar refractivity (Wildman–Crippen MR) is 47.5 cm³/mol. The van der Waals surface area contributed by atoms with Gasteiger partial charge in [-0.1, -0.05) is 24.3 Å². The maximum Gasteiger partial charge on any atom is 0.0346 e. The summed E-state index contributed by atoms with van der Waals surface area (Å²) in [5.41, 5.74) is 0. The van der Waals surface area contributed by atoms with Crippen LogP contribution in [0.5, 0.6) is 0 Å². The summed E-state index contributed by atoms with van der Waals surface area (Å²) in [6.45, 7) is 0. The second-order valence-electron chi connectivity index (χ2n) is 2.22. The molecule has 0 bridgehead atoms. The van der Waals surface area contributed by atoms with Crippen molar-refractivity contribution in [2.75, 3.05) is 0 Å². The molecule has 0 amide bonds. The molecular formula is C9H7KN. The number of nitrogens with zero attached hydrogens (tertiary/aromatic N) is 1. The molecule has 1 heterocycles. The zero-order chi connectivity index (χ0) is 6.81. The summed E-state index contributed by atoms with van der Waals surface area (Å²) in [6, 6.07) is 10.2. The van der Waals surface area contributed by atoms with Gasteiger partial charge in [-0.3, -0.25) is 4.98 Å². The topological polar surface area (TPSA) is 12.9 Å². The Kier molecular flexibility index (Phi) is 3.68. The van der Waals surface area contributed by atoms with Gasteiger partial charge in [0, 0.05) is 63.8 Å². The molecule has 0 saturated carbocycles. The van der Waals surface area contributed by atoms with Crippen LogP contribution in [0.3, 0.4) is 0 Å². The van der Waals surface area contributed by atoms with E-state index in [0.717, 1.165) is 0 Å². The van der Waals surface area contributed by atoms with Crippen LogP contribution in [0.2, 0.25) is 0 Å². The van der Waals surface area contributed by atoms with E-state index in [1.54, 1.807) is 0 Å². The second kappa shape index (κ2) is 4.33. The maximum atomic E-state index is 4.01. The first-order valence-electron chi connectivity index (χ1n) is 3.25. The molecule has 1 radical (unpaired) electrons. The fourth-order valence-corrected chi connectivity index (χ4v) is 1.03. The molecule has 0 N–H and O–H groups in total. The van der Waals surface area contributed by atoms with Gasteiger partial charge in [0.1, 0.15) is 0 Å². The Balaban J connectivity index is 0.000000605. The van der Waals surface area contributed by atoms with Crippen molar-refractivity contribution in [1.29, 1.82) is 0 Å². The van der Waals surface area contributed by atoms with Gasteiger partial charge in [-0.15, -0.1) is 0 Å². The molecule has 2 heteroatoms. The summed E-state index contributed by atoms with van der Waals surface area (Å²) < 4.78 is 0. The monoisotopic (exact) mass is 168 g/mol. The van der Waals surface area contributed by atoms with E-state index in [1.165, 1.54) is 10.8 Å². The molecule has 2 rings (SSSR count). The largest absolute Gasteiger partial charge is 0.264 e. The van der Waals surface area contributed by atoms with E-state index in [1.807, 2.05) is 30.6 Å². The molecule has 0 aliphatic rings. The molecule has 0 unspecified atom stereocenters. The summed E-state index contributed by atoms with van der Waals surface area (Å²) in [5, 5.41) is 2.45. The number of aromatic nitrogens is 1. The van der Waals surface area contributed by atoms with Crippen LogP contribution in [0.25, 0.3) is 10.8 Å². The normalized spacial score (nSPS) is 9.09. The van der Waals surface area contributed by atoms with Gasteiger partial charge in [-0.2, -0.15) is 0 Å². The van der Waals surface area contributed by atoms with Crippen LogP contribution in [-0.2, 0) is 0 Å². The molecular weight excluding hydrogens is 161 g/mol. The summed E-state index contributed by atoms with van der Waals surface area (Å²) in [7, 11) is 0. The summed E-state index contributed by atoms with van der Waals surface area (Å²) >= 11 is 0. The molecule has 0 atom stereocenters. The number of benzene rings is 1. The minimum Gasteiger partial charge on any atom is -0.264 e. The SMILES string of the molecule is [K].c1ccc2cnccc2c1. The van der Waals surface area contributed by atoms with Gasteiger partial charge >= 0.3 is 0 Å². The van der Waals surface area contributed by atoms with Gasteiger partial charge in [0.15, 0.2) is 0 Å². The molecule has 1 aromatic heterocycles. The minimum absolute atomic E-state index is 0. The van der Waals surface area contributed by atoms with E-state index in [2.05, 4.69) is 17.1 Å². The standard InChI is InChI=1S/C9H7N.K/c1-2-4-9-7-10-6-5-8(9)3-1;/h1-7H;. The fraction of sp³-hybridized carbons (Fsp3) is 0. The molecule has 0 spiro atoms. The van der Waals surface area contributed by atoms with Crippen LogP contribution in [-0.4, -0.2) is 56.4 Å². The number of hydrogen-bond acceptors (Lipinski definition) is 1. The first-order chi connectivity index (χ1) is 4.97. The van der Waals surface area contributed by atoms with Crippen LogP contribution in [0.4, 0.5) is 0 Å². The molecule has 2 aromatic rings. The van der Waals surface area contributed by atoms with Crippen LogP contribution in [0.1, 0.15) is 0 Å². The first kappa shape index (κ1) is 9.36. The molecule has 0 fully saturated rings. The van der Waals surface area contributed by atoms with Crippen molar-refractivity contribution in [3.05, 3.63) is 42.7 Å². The van der Waals surface area contributed by atoms with Crippen molar-refractivity contribution >= 4 is 62.2 Å². The summed E-state index contributed by atoms with van der Waals surface area (Å²) in [6.07, 6.45) is 3.68. The van der Waals surface area contributed by atoms with Gasteiger partial charge in [0.25, 0.3) is 0 Å². The van der Waals surface area contributed by atoms with Gasteiger partial charge in [-0.05, 0) is 16.8 Å². The Hall–Kier alpha value is 0.266. The summed E-state index contributed by atoms with van der Waals surface area (Å²) in [4.78, 5) is 4.01. The van der Waals surface area contributed by atoms with Crippen molar-refractivity contribution in [2.45, 2.75) is 0 Å². The van der Waals surface area contributed by atoms with E-state index in [0.29, 0.717) is 0 Å². The maximum absolute atomic E-state index is 4.01. The Labute approximate surface area is 108 Å². The van der Waals surface area contributed by atoms with Crippen LogP contribution in [0.15, 0.2) is 42.7 Å². The Morgan fingerprint density at radius 1 is 0.909 bits per heavy atom. The third kappa shape index (κ3) is 2.10. The molecule has 1 nitrogen and oxygen atoms in total. The van der Waals surface area contributed by atoms with Crippen LogP contribution >= 0.6 is 0 Å². The number of hydrogen-bond donors (Lipinski definition) is 0. The number of fused-ring (bicyclic) bond motifs is 1. The van der Waals surface area contributed by atoms with Crippen molar-refractivity contribution in [3.8, 4) is 0 Å². The smallest absolute Gasteiger partial charge is 0.0346 e. The van der Waals surface area contributed by atoms with Crippen LogP contribution < -0.4 is 0 Å². The van der Waals surface area contributed by atoms with E-state index >= 15 is 0 Å². The average molecular weight is 168 g/mol. The fourth-order valence-electron chi connectivity index (χ4n) is 1.03. The number of pyridine rings is 1. The Morgan fingerprint density at radius 3 is 2.36 bits per heavy atom. The van der Waals surface area contributed by atoms with Crippen LogP contribution in [0, 0.1) is 0 Å². The zero-order valence-electron chi connectivity index (χ0n) is 6.49. The van der Waals surface area contributed by atoms with Gasteiger partial charge in [0.05, 0.1) is 0 Å². The molecule has 11 heavy (non-hydrogen) atoms. The number of rotatable bonds is 0. The van der Waals surface area contributed by atoms with Gasteiger partial charge < -0.3 is 0 Å². The third-order valence-electron chi connectivity index (χ3n) is 1.55. The van der Waals surface area contributed by atoms with E-state index in [9.17, 15) is 0 Å². The van der Waals surface area contributed by atoms with Crippen molar-refractivity contribution in [2.24, 2.45) is 0 Å². The molecule has 0 saturated heterocycles. The van der Waals surface area contributed by atoms with Crippen molar-refractivity contribution in [1.82, 2.24) is 4.98 Å². The van der Waals surface area contributed by atoms with E-state index in [-0.39, 0.29) is 51.4 Å². The van der Waals surface area contributed by atoms with Gasteiger partial charge in [-0.25, -0.2) is 0 Å². The Bertz CT molecular complexity index is 281. The Morgan fingerprint density at radius 2 is 1.64 bits per heavy atom. The summed E-state index contributed by atoms with van der Waals surface area (Å²) in [5.74, 6) is 0. The van der Waals surface area contributed by atoms with Gasteiger partial charge in [0.2, 0.25) is 0 Å². The first-order valence-corrected chi connectivity index (χ1v) is 3.25. The molecule has 0 aliphatic heterocycles. The third-order valence-corrected chi connectivity index (χ3v) is 1.55. The van der Waals surface area contributed by atoms with Crippen molar-refractivity contribution in [3.63, 3.8) is 0 Å². The van der Waals surface area contributed by atoms with E-state index < -0.39 is 0 Å².